The van der Waals surface area contributed by atoms with E-state index >= 15 is 0 Å². The molecular weight excluding hydrogens is 309 g/mol. The van der Waals surface area contributed by atoms with Crippen molar-refractivity contribution in [2.75, 3.05) is 6.54 Å². The Kier molecular flexibility index (Phi) is 8.83. The van der Waals surface area contributed by atoms with Crippen LogP contribution >= 0.6 is 0 Å². The summed E-state index contributed by atoms with van der Waals surface area (Å²) in [4.78, 5) is 24.1. The van der Waals surface area contributed by atoms with E-state index < -0.39 is 12.1 Å². The molecule has 0 aliphatic heterocycles. The van der Waals surface area contributed by atoms with Crippen molar-refractivity contribution in [2.24, 2.45) is 5.92 Å². The average molecular weight is 337 g/mol. The molecule has 0 unspecified atom stereocenters. The van der Waals surface area contributed by atoms with Crippen molar-refractivity contribution < 1.29 is 14.0 Å². The summed E-state index contributed by atoms with van der Waals surface area (Å²) < 4.78 is 12.8. The van der Waals surface area contributed by atoms with E-state index in [1.807, 2.05) is 6.92 Å². The maximum atomic E-state index is 12.8. The summed E-state index contributed by atoms with van der Waals surface area (Å²) in [6, 6.07) is 4.95. The molecule has 134 valence electrons. The third-order valence-electron chi connectivity index (χ3n) is 3.59. The van der Waals surface area contributed by atoms with Crippen LogP contribution in [0.1, 0.15) is 45.6 Å². The van der Waals surface area contributed by atoms with E-state index in [-0.39, 0.29) is 18.3 Å². The van der Waals surface area contributed by atoms with Crippen molar-refractivity contribution in [3.05, 3.63) is 35.6 Å². The topological polar surface area (TPSA) is 70.2 Å². The van der Waals surface area contributed by atoms with Gasteiger partial charge < -0.3 is 16.0 Å². The van der Waals surface area contributed by atoms with Crippen LogP contribution in [-0.2, 0) is 11.3 Å². The van der Waals surface area contributed by atoms with Crippen molar-refractivity contribution in [3.8, 4) is 0 Å². The van der Waals surface area contributed by atoms with Gasteiger partial charge in [0.15, 0.2) is 0 Å². The van der Waals surface area contributed by atoms with Gasteiger partial charge >= 0.3 is 6.03 Å². The van der Waals surface area contributed by atoms with Gasteiger partial charge in [-0.05, 0) is 36.5 Å². The first kappa shape index (κ1) is 19.9. The predicted molar refractivity (Wildman–Crippen MR) is 92.9 cm³/mol. The molecule has 0 aromatic heterocycles. The molecule has 1 atom stereocenters. The van der Waals surface area contributed by atoms with Gasteiger partial charge in [0.05, 0.1) is 0 Å². The van der Waals surface area contributed by atoms with Gasteiger partial charge in [-0.3, -0.25) is 4.79 Å². The van der Waals surface area contributed by atoms with Crippen LogP contribution in [0.4, 0.5) is 9.18 Å². The minimum absolute atomic E-state index is 0.158. The van der Waals surface area contributed by atoms with Crippen molar-refractivity contribution in [2.45, 2.75) is 52.6 Å². The highest BCUT2D eigenvalue weighted by Gasteiger charge is 2.19. The summed E-state index contributed by atoms with van der Waals surface area (Å²) >= 11 is 0. The van der Waals surface area contributed by atoms with Crippen LogP contribution in [0, 0.1) is 11.7 Å². The highest BCUT2D eigenvalue weighted by molar-refractivity contribution is 5.86. The lowest BCUT2D eigenvalue weighted by atomic mass is 10.1. The molecule has 0 aliphatic carbocycles. The first-order valence-electron chi connectivity index (χ1n) is 8.48. The second kappa shape index (κ2) is 10.6. The molecule has 0 heterocycles. The lowest BCUT2D eigenvalue weighted by Gasteiger charge is -2.18. The maximum Gasteiger partial charge on any atom is 0.315 e. The molecule has 6 heteroatoms. The monoisotopic (exact) mass is 337 g/mol. The van der Waals surface area contributed by atoms with Gasteiger partial charge in [-0.1, -0.05) is 39.3 Å². The zero-order valence-corrected chi connectivity index (χ0v) is 14.7. The molecular formula is C18H28FN3O2. The number of halogens is 1. The molecule has 3 N–H and O–H groups in total. The summed E-state index contributed by atoms with van der Waals surface area (Å²) in [5.41, 5.74) is 0.792. The van der Waals surface area contributed by atoms with E-state index in [4.69, 9.17) is 0 Å². The third kappa shape index (κ3) is 7.94. The van der Waals surface area contributed by atoms with Gasteiger partial charge in [0.2, 0.25) is 5.91 Å². The smallest absolute Gasteiger partial charge is 0.315 e. The highest BCUT2D eigenvalue weighted by atomic mass is 19.1. The Morgan fingerprint density at radius 2 is 1.75 bits per heavy atom. The number of carbonyl (C=O) groups excluding carboxylic acids is 2. The molecule has 0 saturated carbocycles. The van der Waals surface area contributed by atoms with Crippen LogP contribution < -0.4 is 16.0 Å². The van der Waals surface area contributed by atoms with Gasteiger partial charge in [-0.15, -0.1) is 0 Å². The number of hydrogen-bond donors (Lipinski definition) is 3. The average Bonchev–Trinajstić information content (AvgIpc) is 2.53. The van der Waals surface area contributed by atoms with Crippen LogP contribution in [0.25, 0.3) is 0 Å². The number of nitrogens with one attached hydrogen (secondary N) is 3. The van der Waals surface area contributed by atoms with Crippen LogP contribution in [0.3, 0.4) is 0 Å². The SMILES string of the molecule is CCC[C@@H](NC(=O)NCc1ccc(F)cc1)C(=O)NCCC(C)C. The molecule has 5 nitrogen and oxygen atoms in total. The molecule has 0 fully saturated rings. The minimum atomic E-state index is -0.546. The van der Waals surface area contributed by atoms with E-state index in [2.05, 4.69) is 29.8 Å². The molecule has 24 heavy (non-hydrogen) atoms. The standard InChI is InChI=1S/C18H28FN3O2/c1-4-5-16(17(23)20-11-10-13(2)3)22-18(24)21-12-14-6-8-15(19)9-7-14/h6-9,13,16H,4-5,10-12H2,1-3H3,(H,20,23)(H2,21,22,24)/t16-/m1/s1. The van der Waals surface area contributed by atoms with E-state index in [0.29, 0.717) is 18.9 Å². The summed E-state index contributed by atoms with van der Waals surface area (Å²) in [5, 5.41) is 8.25. The van der Waals surface area contributed by atoms with Crippen molar-refractivity contribution in [1.82, 2.24) is 16.0 Å². The number of benzene rings is 1. The van der Waals surface area contributed by atoms with Gasteiger partial charge in [0.1, 0.15) is 11.9 Å². The van der Waals surface area contributed by atoms with E-state index in [1.165, 1.54) is 12.1 Å². The first-order valence-corrected chi connectivity index (χ1v) is 8.48. The Labute approximate surface area is 143 Å². The lowest BCUT2D eigenvalue weighted by Crippen LogP contribution is -2.50. The Morgan fingerprint density at radius 3 is 2.33 bits per heavy atom. The Balaban J connectivity index is 2.43. The van der Waals surface area contributed by atoms with E-state index in [0.717, 1.165) is 18.4 Å². The van der Waals surface area contributed by atoms with Crippen LogP contribution in [-0.4, -0.2) is 24.5 Å². The molecule has 1 aromatic rings. The number of rotatable bonds is 9. The van der Waals surface area contributed by atoms with Crippen LogP contribution in [0.5, 0.6) is 0 Å². The normalized spacial score (nSPS) is 11.9. The predicted octanol–water partition coefficient (Wildman–Crippen LogP) is 2.96. The van der Waals surface area contributed by atoms with Crippen molar-refractivity contribution >= 4 is 11.9 Å². The third-order valence-corrected chi connectivity index (χ3v) is 3.59. The fraction of sp³-hybridized carbons (Fsp3) is 0.556. The summed E-state index contributed by atoms with van der Waals surface area (Å²) in [5.74, 6) is 0.0422. The second-order valence-electron chi connectivity index (χ2n) is 6.27. The van der Waals surface area contributed by atoms with Gasteiger partial charge in [0.25, 0.3) is 0 Å². The number of amides is 3. The lowest BCUT2D eigenvalue weighted by molar-refractivity contribution is -0.123. The molecule has 0 aliphatic rings. The summed E-state index contributed by atoms with van der Waals surface area (Å²) in [6.45, 7) is 7.04. The quantitative estimate of drug-likeness (QED) is 0.648. The van der Waals surface area contributed by atoms with Crippen molar-refractivity contribution in [1.29, 1.82) is 0 Å². The molecule has 0 bridgehead atoms. The van der Waals surface area contributed by atoms with E-state index in [9.17, 15) is 14.0 Å². The molecule has 0 spiro atoms. The minimum Gasteiger partial charge on any atom is -0.354 e. The first-order chi connectivity index (χ1) is 11.4. The van der Waals surface area contributed by atoms with E-state index in [1.54, 1.807) is 12.1 Å². The van der Waals surface area contributed by atoms with Gasteiger partial charge in [-0.2, -0.15) is 0 Å². The van der Waals surface area contributed by atoms with Crippen LogP contribution in [0.2, 0.25) is 0 Å². The zero-order valence-electron chi connectivity index (χ0n) is 14.7. The number of carbonyl (C=O) groups is 2. The summed E-state index contributed by atoms with van der Waals surface area (Å²) in [7, 11) is 0. The Hall–Kier alpha value is -2.11. The Bertz CT molecular complexity index is 518. The second-order valence-corrected chi connectivity index (χ2v) is 6.27. The fourth-order valence-corrected chi connectivity index (χ4v) is 2.16. The molecule has 0 radical (unpaired) electrons. The van der Waals surface area contributed by atoms with Crippen molar-refractivity contribution in [3.63, 3.8) is 0 Å². The molecule has 1 aromatic carbocycles. The molecule has 1 rings (SSSR count). The molecule has 3 amide bonds. The highest BCUT2D eigenvalue weighted by Crippen LogP contribution is 2.03. The summed E-state index contributed by atoms with van der Waals surface area (Å²) in [6.07, 6.45) is 2.28. The fourth-order valence-electron chi connectivity index (χ4n) is 2.16. The Morgan fingerprint density at radius 1 is 1.08 bits per heavy atom. The van der Waals surface area contributed by atoms with Gasteiger partial charge in [-0.25, -0.2) is 9.18 Å². The number of hydrogen-bond acceptors (Lipinski definition) is 2. The largest absolute Gasteiger partial charge is 0.354 e. The number of urea groups is 1. The molecule has 0 saturated heterocycles. The zero-order chi connectivity index (χ0) is 17.9. The maximum absolute atomic E-state index is 12.8. The van der Waals surface area contributed by atoms with Crippen LogP contribution in [0.15, 0.2) is 24.3 Å². The van der Waals surface area contributed by atoms with Gasteiger partial charge in [0, 0.05) is 13.1 Å².